The molecule has 0 radical (unpaired) electrons. The fourth-order valence-corrected chi connectivity index (χ4v) is 1.76. The van der Waals surface area contributed by atoms with Crippen molar-refractivity contribution in [2.45, 2.75) is 26.1 Å². The van der Waals surface area contributed by atoms with Gasteiger partial charge in [-0.2, -0.15) is 0 Å². The molecule has 0 saturated carbocycles. The number of carbonyl (C=O) groups is 1. The Hall–Kier alpha value is -1.22. The zero-order valence-corrected chi connectivity index (χ0v) is 11.3. The molecule has 0 bridgehead atoms. The molecule has 0 aliphatic rings. The lowest BCUT2D eigenvalue weighted by Gasteiger charge is -2.15. The van der Waals surface area contributed by atoms with Gasteiger partial charge in [-0.15, -0.1) is 11.6 Å². The van der Waals surface area contributed by atoms with E-state index in [-0.39, 0.29) is 0 Å². The van der Waals surface area contributed by atoms with Crippen LogP contribution in [0.1, 0.15) is 29.0 Å². The Kier molecular flexibility index (Phi) is 4.82. The van der Waals surface area contributed by atoms with Crippen molar-refractivity contribution >= 4 is 17.6 Å². The third kappa shape index (κ3) is 3.13. The molecule has 94 valence electrons. The summed E-state index contributed by atoms with van der Waals surface area (Å²) in [7, 11) is 1.56. The van der Waals surface area contributed by atoms with Crippen LogP contribution >= 0.6 is 11.6 Å². The van der Waals surface area contributed by atoms with E-state index in [1.807, 2.05) is 26.0 Å². The third-order valence-corrected chi connectivity index (χ3v) is 3.03. The average molecular weight is 257 g/mol. The number of methoxy groups -OCH3 is 1. The predicted molar refractivity (Wildman–Crippen MR) is 67.7 cm³/mol. The molecule has 0 aromatic heterocycles. The number of hydrogen-bond donors (Lipinski definition) is 0. The van der Waals surface area contributed by atoms with Crippen molar-refractivity contribution in [1.82, 2.24) is 0 Å². The molecule has 0 saturated heterocycles. The number of hydrogen-bond acceptors (Lipinski definition) is 3. The van der Waals surface area contributed by atoms with E-state index < -0.39 is 11.3 Å². The second-order valence-electron chi connectivity index (χ2n) is 3.79. The molecule has 0 heterocycles. The molecule has 1 atom stereocenters. The van der Waals surface area contributed by atoms with E-state index in [0.717, 1.165) is 11.1 Å². The van der Waals surface area contributed by atoms with E-state index >= 15 is 0 Å². The second-order valence-corrected chi connectivity index (χ2v) is 4.23. The SMILES string of the molecule is CCOC(=O)C(Cl)c1cc(C)c(C)cc1OC. The summed E-state index contributed by atoms with van der Waals surface area (Å²) in [6.45, 7) is 6.01. The first-order valence-corrected chi connectivity index (χ1v) is 5.90. The van der Waals surface area contributed by atoms with Gasteiger partial charge in [0.15, 0.2) is 5.38 Å². The smallest absolute Gasteiger partial charge is 0.328 e. The minimum absolute atomic E-state index is 0.315. The van der Waals surface area contributed by atoms with Crippen LogP contribution in [0.4, 0.5) is 0 Å². The van der Waals surface area contributed by atoms with Crippen LogP contribution in [0.3, 0.4) is 0 Å². The number of esters is 1. The molecule has 1 rings (SSSR count). The summed E-state index contributed by atoms with van der Waals surface area (Å²) in [6, 6.07) is 3.74. The highest BCUT2D eigenvalue weighted by atomic mass is 35.5. The van der Waals surface area contributed by atoms with Crippen LogP contribution in [0, 0.1) is 13.8 Å². The molecular formula is C13H17ClO3. The zero-order chi connectivity index (χ0) is 13.0. The summed E-state index contributed by atoms with van der Waals surface area (Å²) in [5.41, 5.74) is 2.81. The molecule has 4 heteroatoms. The largest absolute Gasteiger partial charge is 0.496 e. The summed E-state index contributed by atoms with van der Waals surface area (Å²) in [6.07, 6.45) is 0. The maximum Gasteiger partial charge on any atom is 0.328 e. The number of halogens is 1. The Morgan fingerprint density at radius 1 is 1.35 bits per heavy atom. The highest BCUT2D eigenvalue weighted by Gasteiger charge is 2.23. The highest BCUT2D eigenvalue weighted by Crippen LogP contribution is 2.33. The number of ether oxygens (including phenoxy) is 2. The Bertz CT molecular complexity index is 415. The first-order valence-electron chi connectivity index (χ1n) is 5.47. The fourth-order valence-electron chi connectivity index (χ4n) is 1.53. The van der Waals surface area contributed by atoms with Crippen molar-refractivity contribution in [2.24, 2.45) is 0 Å². The summed E-state index contributed by atoms with van der Waals surface area (Å²) < 4.78 is 10.1. The van der Waals surface area contributed by atoms with Crippen LogP contribution in [0.2, 0.25) is 0 Å². The van der Waals surface area contributed by atoms with Crippen molar-refractivity contribution in [2.75, 3.05) is 13.7 Å². The van der Waals surface area contributed by atoms with Gasteiger partial charge >= 0.3 is 5.97 Å². The standard InChI is InChI=1S/C13H17ClO3/c1-5-17-13(15)12(14)10-6-8(2)9(3)7-11(10)16-4/h6-7,12H,5H2,1-4H3. The minimum atomic E-state index is -0.829. The second kappa shape index (κ2) is 5.92. The van der Waals surface area contributed by atoms with Crippen molar-refractivity contribution in [1.29, 1.82) is 0 Å². The van der Waals surface area contributed by atoms with Gasteiger partial charge in [0.2, 0.25) is 0 Å². The van der Waals surface area contributed by atoms with Gasteiger partial charge in [-0.3, -0.25) is 4.79 Å². The lowest BCUT2D eigenvalue weighted by Crippen LogP contribution is -2.12. The van der Waals surface area contributed by atoms with E-state index in [2.05, 4.69) is 0 Å². The molecule has 0 fully saturated rings. The van der Waals surface area contributed by atoms with Crippen molar-refractivity contribution in [3.8, 4) is 5.75 Å². The Morgan fingerprint density at radius 3 is 2.47 bits per heavy atom. The summed E-state index contributed by atoms with van der Waals surface area (Å²) in [5, 5.41) is -0.829. The van der Waals surface area contributed by atoms with Crippen LogP contribution < -0.4 is 4.74 Å². The van der Waals surface area contributed by atoms with Crippen molar-refractivity contribution < 1.29 is 14.3 Å². The maximum atomic E-state index is 11.6. The first kappa shape index (κ1) is 13.8. The maximum absolute atomic E-state index is 11.6. The van der Waals surface area contributed by atoms with Gasteiger partial charge in [0.25, 0.3) is 0 Å². The Labute approximate surface area is 107 Å². The summed E-state index contributed by atoms with van der Waals surface area (Å²) in [5.74, 6) is 0.164. The monoisotopic (exact) mass is 256 g/mol. The molecular weight excluding hydrogens is 240 g/mol. The summed E-state index contributed by atoms with van der Waals surface area (Å²) >= 11 is 6.09. The van der Waals surface area contributed by atoms with E-state index in [1.54, 1.807) is 14.0 Å². The van der Waals surface area contributed by atoms with Crippen LogP contribution in [-0.2, 0) is 9.53 Å². The molecule has 17 heavy (non-hydrogen) atoms. The summed E-state index contributed by atoms with van der Waals surface area (Å²) in [4.78, 5) is 11.6. The van der Waals surface area contributed by atoms with Gasteiger partial charge in [-0.1, -0.05) is 6.07 Å². The van der Waals surface area contributed by atoms with Gasteiger partial charge in [0, 0.05) is 5.56 Å². The van der Waals surface area contributed by atoms with Crippen molar-refractivity contribution in [3.63, 3.8) is 0 Å². The number of benzene rings is 1. The molecule has 1 unspecified atom stereocenters. The van der Waals surface area contributed by atoms with E-state index in [4.69, 9.17) is 21.1 Å². The molecule has 0 N–H and O–H groups in total. The predicted octanol–water partition coefficient (Wildman–Crippen LogP) is 3.16. The van der Waals surface area contributed by atoms with Crippen LogP contribution in [-0.4, -0.2) is 19.7 Å². The van der Waals surface area contributed by atoms with Gasteiger partial charge in [-0.05, 0) is 38.0 Å². The number of aryl methyl sites for hydroxylation is 2. The molecule has 1 aromatic carbocycles. The Morgan fingerprint density at radius 2 is 1.94 bits per heavy atom. The van der Waals surface area contributed by atoms with Gasteiger partial charge in [-0.25, -0.2) is 0 Å². The molecule has 0 spiro atoms. The van der Waals surface area contributed by atoms with E-state index in [9.17, 15) is 4.79 Å². The third-order valence-electron chi connectivity index (χ3n) is 2.61. The molecule has 0 aliphatic heterocycles. The van der Waals surface area contributed by atoms with Gasteiger partial charge in [0.1, 0.15) is 5.75 Å². The van der Waals surface area contributed by atoms with Gasteiger partial charge < -0.3 is 9.47 Å². The molecule has 1 aromatic rings. The Balaban J connectivity index is 3.11. The normalized spacial score (nSPS) is 12.1. The number of alkyl halides is 1. The molecule has 0 aliphatic carbocycles. The zero-order valence-electron chi connectivity index (χ0n) is 10.5. The molecule has 3 nitrogen and oxygen atoms in total. The average Bonchev–Trinajstić information content (AvgIpc) is 2.31. The molecule has 0 amide bonds. The lowest BCUT2D eigenvalue weighted by molar-refractivity contribution is -0.142. The topological polar surface area (TPSA) is 35.5 Å². The van der Waals surface area contributed by atoms with Gasteiger partial charge in [0.05, 0.1) is 13.7 Å². The van der Waals surface area contributed by atoms with Crippen LogP contribution in [0.15, 0.2) is 12.1 Å². The van der Waals surface area contributed by atoms with E-state index in [1.165, 1.54) is 0 Å². The number of carbonyl (C=O) groups excluding carboxylic acids is 1. The fraction of sp³-hybridized carbons (Fsp3) is 0.462. The van der Waals surface area contributed by atoms with Crippen molar-refractivity contribution in [3.05, 3.63) is 28.8 Å². The van der Waals surface area contributed by atoms with Crippen LogP contribution in [0.5, 0.6) is 5.75 Å². The van der Waals surface area contributed by atoms with E-state index in [0.29, 0.717) is 17.9 Å². The number of rotatable bonds is 4. The minimum Gasteiger partial charge on any atom is -0.496 e. The quantitative estimate of drug-likeness (QED) is 0.613. The highest BCUT2D eigenvalue weighted by molar-refractivity contribution is 6.30. The first-order chi connectivity index (χ1) is 8.01. The lowest BCUT2D eigenvalue weighted by atomic mass is 10.0. The van der Waals surface area contributed by atoms with Crippen LogP contribution in [0.25, 0.3) is 0 Å².